The Labute approximate surface area is 184 Å². The Morgan fingerprint density at radius 2 is 1.53 bits per heavy atom. The van der Waals surface area contributed by atoms with E-state index in [1.165, 1.54) is 5.56 Å². The summed E-state index contributed by atoms with van der Waals surface area (Å²) in [7, 11) is -0.0721. The van der Waals surface area contributed by atoms with Gasteiger partial charge in [0, 0.05) is 5.41 Å². The molecule has 0 fully saturated rings. The van der Waals surface area contributed by atoms with Crippen LogP contribution >= 0.6 is 0 Å². The van der Waals surface area contributed by atoms with Crippen molar-refractivity contribution in [2.24, 2.45) is 0 Å². The van der Waals surface area contributed by atoms with Gasteiger partial charge in [0.2, 0.25) is 0 Å². The van der Waals surface area contributed by atoms with Crippen molar-refractivity contribution < 1.29 is 13.9 Å². The van der Waals surface area contributed by atoms with Crippen LogP contribution in [0, 0.1) is 0 Å². The number of ether oxygens (including phenoxy) is 2. The molecule has 0 unspecified atom stereocenters. The molecule has 3 nitrogen and oxygen atoms in total. The van der Waals surface area contributed by atoms with E-state index in [-0.39, 0.29) is 10.5 Å². The number of hydrogen-bond donors (Lipinski definition) is 0. The van der Waals surface area contributed by atoms with Crippen LogP contribution in [-0.4, -0.2) is 28.6 Å². The molecule has 4 heteroatoms. The summed E-state index contributed by atoms with van der Waals surface area (Å²) >= 11 is 0. The SMILES string of the molecule is COc1ccc(COC[C@](C)(/C=C/CO[Si](C)(C)C(C)(C)C)c2ccccc2)cc1. The minimum atomic E-state index is -1.75. The van der Waals surface area contributed by atoms with Crippen molar-refractivity contribution in [1.29, 1.82) is 0 Å². The molecule has 0 aliphatic heterocycles. The van der Waals surface area contributed by atoms with E-state index >= 15 is 0 Å². The molecule has 0 amide bonds. The normalized spacial score (nSPS) is 14.6. The molecule has 0 heterocycles. The van der Waals surface area contributed by atoms with Crippen LogP contribution in [0.2, 0.25) is 18.1 Å². The molecule has 2 aromatic rings. The molecule has 0 saturated heterocycles. The molecule has 0 aliphatic rings. The van der Waals surface area contributed by atoms with E-state index in [1.807, 2.05) is 30.3 Å². The molecule has 164 valence electrons. The molecular weight excluding hydrogens is 388 g/mol. The van der Waals surface area contributed by atoms with Gasteiger partial charge in [-0.1, -0.05) is 75.4 Å². The zero-order valence-corrected chi connectivity index (χ0v) is 20.7. The largest absolute Gasteiger partial charge is 0.497 e. The Morgan fingerprint density at radius 1 is 0.900 bits per heavy atom. The monoisotopic (exact) mass is 426 g/mol. The number of hydrogen-bond acceptors (Lipinski definition) is 3. The molecule has 2 aromatic carbocycles. The third-order valence-electron chi connectivity index (χ3n) is 6.10. The van der Waals surface area contributed by atoms with Gasteiger partial charge in [-0.05, 0) is 48.3 Å². The average molecular weight is 427 g/mol. The van der Waals surface area contributed by atoms with Crippen molar-refractivity contribution in [1.82, 2.24) is 0 Å². The number of rotatable bonds is 10. The Hall–Kier alpha value is -1.88. The van der Waals surface area contributed by atoms with Crippen LogP contribution in [0.3, 0.4) is 0 Å². The average Bonchev–Trinajstić information content (AvgIpc) is 2.71. The first kappa shape index (κ1) is 24.4. The molecule has 0 aliphatic carbocycles. The molecule has 0 spiro atoms. The molecular formula is C26H38O3Si. The second-order valence-electron chi connectivity index (χ2n) is 9.60. The molecule has 0 N–H and O–H groups in total. The van der Waals surface area contributed by atoms with Crippen LogP contribution in [0.1, 0.15) is 38.8 Å². The van der Waals surface area contributed by atoms with Gasteiger partial charge in [-0.2, -0.15) is 0 Å². The van der Waals surface area contributed by atoms with Crippen LogP contribution in [0.4, 0.5) is 0 Å². The minimum absolute atomic E-state index is 0.213. The third kappa shape index (κ3) is 6.83. The zero-order valence-electron chi connectivity index (χ0n) is 19.7. The Balaban J connectivity index is 2.04. The lowest BCUT2D eigenvalue weighted by atomic mass is 9.83. The highest BCUT2D eigenvalue weighted by Crippen LogP contribution is 2.36. The quantitative estimate of drug-likeness (QED) is 0.311. The van der Waals surface area contributed by atoms with Gasteiger partial charge in [0.05, 0.1) is 26.9 Å². The summed E-state index contributed by atoms with van der Waals surface area (Å²) < 4.78 is 17.7. The van der Waals surface area contributed by atoms with Crippen molar-refractivity contribution >= 4 is 8.32 Å². The highest BCUT2D eigenvalue weighted by molar-refractivity contribution is 6.74. The fourth-order valence-corrected chi connectivity index (χ4v) is 3.88. The van der Waals surface area contributed by atoms with Gasteiger partial charge in [-0.15, -0.1) is 0 Å². The Kier molecular flexibility index (Phi) is 8.48. The van der Waals surface area contributed by atoms with Gasteiger partial charge in [0.1, 0.15) is 5.75 Å². The van der Waals surface area contributed by atoms with Crippen LogP contribution < -0.4 is 4.74 Å². The summed E-state index contributed by atoms with van der Waals surface area (Å²) in [5.41, 5.74) is 2.16. The summed E-state index contributed by atoms with van der Waals surface area (Å²) in [5, 5.41) is 0.213. The summed E-state index contributed by atoms with van der Waals surface area (Å²) in [5.74, 6) is 0.859. The van der Waals surface area contributed by atoms with Crippen LogP contribution in [0.5, 0.6) is 5.75 Å². The van der Waals surface area contributed by atoms with Gasteiger partial charge in [-0.25, -0.2) is 0 Å². The van der Waals surface area contributed by atoms with Gasteiger partial charge in [0.15, 0.2) is 8.32 Å². The van der Waals surface area contributed by atoms with Gasteiger partial charge in [0.25, 0.3) is 0 Å². The highest BCUT2D eigenvalue weighted by atomic mass is 28.4. The second-order valence-corrected chi connectivity index (χ2v) is 14.4. The van der Waals surface area contributed by atoms with Crippen molar-refractivity contribution in [3.63, 3.8) is 0 Å². The lowest BCUT2D eigenvalue weighted by Gasteiger charge is -2.36. The molecule has 0 aromatic heterocycles. The van der Waals surface area contributed by atoms with E-state index in [1.54, 1.807) is 7.11 Å². The predicted octanol–water partition coefficient (Wildman–Crippen LogP) is 6.75. The minimum Gasteiger partial charge on any atom is -0.497 e. The van der Waals surface area contributed by atoms with Crippen molar-refractivity contribution in [2.75, 3.05) is 20.3 Å². The first-order valence-electron chi connectivity index (χ1n) is 10.7. The van der Waals surface area contributed by atoms with Crippen molar-refractivity contribution in [3.05, 3.63) is 77.9 Å². The molecule has 0 saturated carbocycles. The lowest BCUT2D eigenvalue weighted by Crippen LogP contribution is -2.40. The Bertz CT molecular complexity index is 791. The molecule has 0 bridgehead atoms. The van der Waals surface area contributed by atoms with E-state index in [2.05, 4.69) is 77.2 Å². The van der Waals surface area contributed by atoms with Crippen molar-refractivity contribution in [2.45, 2.75) is 57.8 Å². The molecule has 30 heavy (non-hydrogen) atoms. The molecule has 2 rings (SSSR count). The van der Waals surface area contributed by atoms with E-state index < -0.39 is 8.32 Å². The van der Waals surface area contributed by atoms with Gasteiger partial charge < -0.3 is 13.9 Å². The summed E-state index contributed by atoms with van der Waals surface area (Å²) in [6, 6.07) is 18.6. The topological polar surface area (TPSA) is 27.7 Å². The highest BCUT2D eigenvalue weighted by Gasteiger charge is 2.36. The van der Waals surface area contributed by atoms with Crippen molar-refractivity contribution in [3.8, 4) is 5.75 Å². The standard InChI is InChI=1S/C26H38O3Si/c1-25(2,3)30(6,7)29-19-11-18-26(4,23-12-9-8-10-13-23)21-28-20-22-14-16-24(27-5)17-15-22/h8-18H,19-21H2,1-7H3/b18-11+/t26-/m0/s1. The van der Waals surface area contributed by atoms with Crippen LogP contribution in [-0.2, 0) is 21.2 Å². The maximum absolute atomic E-state index is 6.32. The third-order valence-corrected chi connectivity index (χ3v) is 10.6. The summed E-state index contributed by atoms with van der Waals surface area (Å²) in [4.78, 5) is 0. The van der Waals surface area contributed by atoms with E-state index in [9.17, 15) is 0 Å². The maximum atomic E-state index is 6.32. The summed E-state index contributed by atoms with van der Waals surface area (Å²) in [6.07, 6.45) is 4.40. The fourth-order valence-electron chi connectivity index (χ4n) is 2.93. The zero-order chi connectivity index (χ0) is 22.3. The lowest BCUT2D eigenvalue weighted by molar-refractivity contribution is 0.0909. The molecule has 0 radical (unpaired) electrons. The van der Waals surface area contributed by atoms with Crippen LogP contribution in [0.15, 0.2) is 66.7 Å². The second kappa shape index (κ2) is 10.4. The first-order chi connectivity index (χ1) is 14.1. The van der Waals surface area contributed by atoms with E-state index in [0.29, 0.717) is 19.8 Å². The maximum Gasteiger partial charge on any atom is 0.192 e. The van der Waals surface area contributed by atoms with E-state index in [4.69, 9.17) is 13.9 Å². The number of benzene rings is 2. The Morgan fingerprint density at radius 3 is 2.10 bits per heavy atom. The van der Waals surface area contributed by atoms with Gasteiger partial charge in [-0.3, -0.25) is 0 Å². The molecule has 1 atom stereocenters. The van der Waals surface area contributed by atoms with E-state index in [0.717, 1.165) is 11.3 Å². The predicted molar refractivity (Wildman–Crippen MR) is 129 cm³/mol. The van der Waals surface area contributed by atoms with Crippen LogP contribution in [0.25, 0.3) is 0 Å². The summed E-state index contributed by atoms with van der Waals surface area (Å²) in [6.45, 7) is 15.4. The smallest absolute Gasteiger partial charge is 0.192 e. The van der Waals surface area contributed by atoms with Gasteiger partial charge >= 0.3 is 0 Å². The first-order valence-corrected chi connectivity index (χ1v) is 13.6. The number of methoxy groups -OCH3 is 1. The fraction of sp³-hybridized carbons (Fsp3) is 0.462.